The average molecular weight is 355 g/mol. The van der Waals surface area contributed by atoms with Crippen LogP contribution >= 0.6 is 0 Å². The highest BCUT2D eigenvalue weighted by Crippen LogP contribution is 2.23. The Kier molecular flexibility index (Phi) is 5.82. The number of hydrogen-bond donors (Lipinski definition) is 1. The first-order valence-corrected chi connectivity index (χ1v) is 9.58. The van der Waals surface area contributed by atoms with E-state index < -0.39 is 15.6 Å². The van der Waals surface area contributed by atoms with Gasteiger partial charge in [-0.3, -0.25) is 9.59 Å². The third-order valence-corrected chi connectivity index (χ3v) is 6.31. The summed E-state index contributed by atoms with van der Waals surface area (Å²) in [6, 6.07) is 2.55. The fourth-order valence-electron chi connectivity index (χ4n) is 2.93. The van der Waals surface area contributed by atoms with Crippen molar-refractivity contribution < 1.29 is 13.2 Å². The van der Waals surface area contributed by atoms with Crippen LogP contribution in [0.2, 0.25) is 0 Å². The standard InChI is InChI=1S/C16H25N3O4S/c1-12-6-4-5-7-14(12)17-15(20)11-19-10-13(8-9-16(19)21)24(22,23)18(2)3/h8-10,12,14H,4-7,11H2,1-3H3,(H,17,20)/t12-,14-/m0/s1. The lowest BCUT2D eigenvalue weighted by atomic mass is 9.86. The smallest absolute Gasteiger partial charge is 0.251 e. The summed E-state index contributed by atoms with van der Waals surface area (Å²) in [6.07, 6.45) is 5.52. The molecule has 0 bridgehead atoms. The lowest BCUT2D eigenvalue weighted by Crippen LogP contribution is -2.43. The van der Waals surface area contributed by atoms with Gasteiger partial charge in [0, 0.05) is 32.4 Å². The van der Waals surface area contributed by atoms with Gasteiger partial charge in [0.25, 0.3) is 5.56 Å². The Morgan fingerprint density at radius 3 is 2.58 bits per heavy atom. The van der Waals surface area contributed by atoms with Crippen molar-refractivity contribution in [2.45, 2.75) is 50.1 Å². The van der Waals surface area contributed by atoms with E-state index in [0.717, 1.165) is 28.1 Å². The molecule has 134 valence electrons. The second-order valence-corrected chi connectivity index (χ2v) is 8.71. The van der Waals surface area contributed by atoms with E-state index in [-0.39, 0.29) is 23.4 Å². The Morgan fingerprint density at radius 1 is 1.29 bits per heavy atom. The minimum atomic E-state index is -3.65. The van der Waals surface area contributed by atoms with Crippen LogP contribution in [0.5, 0.6) is 0 Å². The Hall–Kier alpha value is -1.67. The Balaban J connectivity index is 2.14. The van der Waals surface area contributed by atoms with E-state index in [1.807, 2.05) is 0 Å². The summed E-state index contributed by atoms with van der Waals surface area (Å²) >= 11 is 0. The quantitative estimate of drug-likeness (QED) is 0.846. The molecule has 0 aliphatic heterocycles. The molecule has 1 N–H and O–H groups in total. The molecule has 0 spiro atoms. The molecule has 1 heterocycles. The molecule has 1 aromatic heterocycles. The molecule has 1 aromatic rings. The van der Waals surface area contributed by atoms with Crippen molar-refractivity contribution in [3.05, 3.63) is 28.7 Å². The van der Waals surface area contributed by atoms with Crippen LogP contribution in [-0.2, 0) is 21.4 Å². The molecule has 0 aromatic carbocycles. The number of nitrogens with one attached hydrogen (secondary N) is 1. The molecule has 1 saturated carbocycles. The number of rotatable bonds is 5. The normalized spacial score (nSPS) is 21.7. The molecule has 0 saturated heterocycles. The molecule has 1 amide bonds. The minimum Gasteiger partial charge on any atom is -0.352 e. The Labute approximate surface area is 142 Å². The van der Waals surface area contributed by atoms with E-state index >= 15 is 0 Å². The number of amides is 1. The van der Waals surface area contributed by atoms with Crippen molar-refractivity contribution in [1.29, 1.82) is 0 Å². The molecule has 2 atom stereocenters. The highest BCUT2D eigenvalue weighted by Gasteiger charge is 2.23. The molecule has 2 rings (SSSR count). The van der Waals surface area contributed by atoms with Gasteiger partial charge in [-0.2, -0.15) is 0 Å². The van der Waals surface area contributed by atoms with Crippen molar-refractivity contribution >= 4 is 15.9 Å². The SMILES string of the molecule is C[C@H]1CCCC[C@@H]1NC(=O)Cn1cc(S(=O)(=O)N(C)C)ccc1=O. The first-order chi connectivity index (χ1) is 11.2. The number of nitrogens with zero attached hydrogens (tertiary/aromatic N) is 2. The molecular formula is C16H25N3O4S. The molecule has 1 fully saturated rings. The van der Waals surface area contributed by atoms with E-state index in [1.165, 1.54) is 38.8 Å². The number of hydrogen-bond acceptors (Lipinski definition) is 4. The largest absolute Gasteiger partial charge is 0.352 e. The summed E-state index contributed by atoms with van der Waals surface area (Å²) in [6.45, 7) is 1.93. The van der Waals surface area contributed by atoms with Crippen molar-refractivity contribution in [2.75, 3.05) is 14.1 Å². The molecule has 1 aliphatic rings. The molecule has 8 heteroatoms. The summed E-state index contributed by atoms with van der Waals surface area (Å²) in [5.41, 5.74) is -0.403. The number of carbonyl (C=O) groups is 1. The lowest BCUT2D eigenvalue weighted by molar-refractivity contribution is -0.123. The third-order valence-electron chi connectivity index (χ3n) is 4.51. The zero-order valence-corrected chi connectivity index (χ0v) is 15.2. The van der Waals surface area contributed by atoms with E-state index in [1.54, 1.807) is 0 Å². The van der Waals surface area contributed by atoms with Gasteiger partial charge in [-0.05, 0) is 24.8 Å². The van der Waals surface area contributed by atoms with Crippen LogP contribution in [0, 0.1) is 5.92 Å². The van der Waals surface area contributed by atoms with Crippen LogP contribution in [0.4, 0.5) is 0 Å². The first-order valence-electron chi connectivity index (χ1n) is 8.14. The van der Waals surface area contributed by atoms with Crippen molar-refractivity contribution in [2.24, 2.45) is 5.92 Å². The first kappa shape index (κ1) is 18.7. The van der Waals surface area contributed by atoms with Gasteiger partial charge in [-0.25, -0.2) is 12.7 Å². The minimum absolute atomic E-state index is 0.00839. The fraction of sp³-hybridized carbons (Fsp3) is 0.625. The zero-order valence-electron chi connectivity index (χ0n) is 14.4. The van der Waals surface area contributed by atoms with Crippen LogP contribution in [0.3, 0.4) is 0 Å². The average Bonchev–Trinajstić information content (AvgIpc) is 2.51. The van der Waals surface area contributed by atoms with Crippen molar-refractivity contribution in [3.63, 3.8) is 0 Å². The summed E-state index contributed by atoms with van der Waals surface area (Å²) in [4.78, 5) is 24.2. The van der Waals surface area contributed by atoms with Gasteiger partial charge >= 0.3 is 0 Å². The summed E-state index contributed by atoms with van der Waals surface area (Å²) < 4.78 is 26.5. The maximum Gasteiger partial charge on any atom is 0.251 e. The summed E-state index contributed by atoms with van der Waals surface area (Å²) in [5, 5.41) is 2.97. The third kappa shape index (κ3) is 4.24. The summed E-state index contributed by atoms with van der Waals surface area (Å²) in [5.74, 6) is 0.148. The Bertz CT molecular complexity index is 755. The van der Waals surface area contributed by atoms with Gasteiger partial charge in [0.05, 0.1) is 4.90 Å². The van der Waals surface area contributed by atoms with Crippen LogP contribution in [-0.4, -0.2) is 43.3 Å². The zero-order chi connectivity index (χ0) is 17.9. The Morgan fingerprint density at radius 2 is 1.96 bits per heavy atom. The number of carbonyl (C=O) groups excluding carboxylic acids is 1. The van der Waals surface area contributed by atoms with E-state index in [0.29, 0.717) is 5.92 Å². The monoisotopic (exact) mass is 355 g/mol. The molecule has 0 unspecified atom stereocenters. The van der Waals surface area contributed by atoms with E-state index in [4.69, 9.17) is 0 Å². The van der Waals surface area contributed by atoms with E-state index in [9.17, 15) is 18.0 Å². The molecule has 24 heavy (non-hydrogen) atoms. The van der Waals surface area contributed by atoms with Crippen LogP contribution in [0.25, 0.3) is 0 Å². The number of aromatic nitrogens is 1. The number of sulfonamides is 1. The van der Waals surface area contributed by atoms with Gasteiger partial charge in [-0.15, -0.1) is 0 Å². The van der Waals surface area contributed by atoms with Crippen LogP contribution < -0.4 is 10.9 Å². The maximum atomic E-state index is 12.2. The number of pyridine rings is 1. The predicted octanol–water partition coefficient (Wildman–Crippen LogP) is 0.794. The second kappa shape index (κ2) is 7.48. The molecule has 7 nitrogen and oxygen atoms in total. The predicted molar refractivity (Wildman–Crippen MR) is 91.1 cm³/mol. The maximum absolute atomic E-state index is 12.2. The van der Waals surface area contributed by atoms with Gasteiger partial charge in [0.1, 0.15) is 6.54 Å². The van der Waals surface area contributed by atoms with E-state index in [2.05, 4.69) is 12.2 Å². The fourth-order valence-corrected chi connectivity index (χ4v) is 3.86. The van der Waals surface area contributed by atoms with Crippen molar-refractivity contribution in [3.8, 4) is 0 Å². The van der Waals surface area contributed by atoms with Gasteiger partial charge in [0.15, 0.2) is 0 Å². The lowest BCUT2D eigenvalue weighted by Gasteiger charge is -2.29. The molecule has 0 radical (unpaired) electrons. The van der Waals surface area contributed by atoms with Crippen LogP contribution in [0.15, 0.2) is 28.0 Å². The van der Waals surface area contributed by atoms with Crippen LogP contribution in [0.1, 0.15) is 32.6 Å². The van der Waals surface area contributed by atoms with Gasteiger partial charge in [0.2, 0.25) is 15.9 Å². The molecule has 1 aliphatic carbocycles. The topological polar surface area (TPSA) is 88.5 Å². The van der Waals surface area contributed by atoms with Gasteiger partial charge in [-0.1, -0.05) is 19.8 Å². The van der Waals surface area contributed by atoms with Gasteiger partial charge < -0.3 is 9.88 Å². The second-order valence-electron chi connectivity index (χ2n) is 6.55. The highest BCUT2D eigenvalue weighted by atomic mass is 32.2. The highest BCUT2D eigenvalue weighted by molar-refractivity contribution is 7.89. The summed E-state index contributed by atoms with van der Waals surface area (Å²) in [7, 11) is -0.809. The molecular weight excluding hydrogens is 330 g/mol. The van der Waals surface area contributed by atoms with Crippen molar-refractivity contribution in [1.82, 2.24) is 14.2 Å².